The van der Waals surface area contributed by atoms with Crippen molar-refractivity contribution in [2.45, 2.75) is 5.03 Å². The zero-order valence-electron chi connectivity index (χ0n) is 7.21. The highest BCUT2D eigenvalue weighted by Crippen LogP contribution is 2.28. The van der Waals surface area contributed by atoms with Gasteiger partial charge in [0.1, 0.15) is 5.03 Å². The van der Waals surface area contributed by atoms with E-state index in [1.54, 1.807) is 6.20 Å². The average Bonchev–Trinajstić information content (AvgIpc) is 2.18. The summed E-state index contributed by atoms with van der Waals surface area (Å²) in [4.78, 5) is 14.0. The van der Waals surface area contributed by atoms with Gasteiger partial charge in [-0.1, -0.05) is 16.9 Å². The van der Waals surface area contributed by atoms with Crippen molar-refractivity contribution in [3.05, 3.63) is 24.4 Å². The van der Waals surface area contributed by atoms with Gasteiger partial charge >= 0.3 is 0 Å². The maximum Gasteiger partial charge on any atom is 0.252 e. The Hall–Kier alpha value is -0.880. The van der Waals surface area contributed by atoms with Gasteiger partial charge < -0.3 is 14.6 Å². The van der Waals surface area contributed by atoms with Gasteiger partial charge in [0, 0.05) is 18.6 Å². The molecule has 0 radical (unpaired) electrons. The van der Waals surface area contributed by atoms with Crippen LogP contribution in [0.3, 0.4) is 0 Å². The molecule has 1 aromatic rings. The summed E-state index contributed by atoms with van der Waals surface area (Å²) in [6, 6.07) is 5.62. The van der Waals surface area contributed by atoms with Crippen molar-refractivity contribution >= 4 is 27.7 Å². The molecule has 1 rings (SSSR count). The molecule has 4 nitrogen and oxygen atoms in total. The van der Waals surface area contributed by atoms with Crippen LogP contribution >= 0.6 is 21.6 Å². The number of hydrogen-bond acceptors (Lipinski definition) is 6. The number of aromatic nitrogens is 1. The SMILES string of the molecule is O=C([O-])OCCSSc1ccccn1. The molecule has 0 unspecified atom stereocenters. The smallest absolute Gasteiger partial charge is 0.252 e. The van der Waals surface area contributed by atoms with Crippen LogP contribution in [0.1, 0.15) is 0 Å². The quantitative estimate of drug-likeness (QED) is 0.430. The van der Waals surface area contributed by atoms with E-state index in [0.29, 0.717) is 5.75 Å². The molecule has 0 saturated carbocycles. The van der Waals surface area contributed by atoms with Crippen LogP contribution < -0.4 is 5.11 Å². The second-order valence-corrected chi connectivity index (χ2v) is 4.61. The van der Waals surface area contributed by atoms with Crippen LogP contribution in [0.2, 0.25) is 0 Å². The van der Waals surface area contributed by atoms with Crippen LogP contribution in [-0.4, -0.2) is 23.5 Å². The molecule has 14 heavy (non-hydrogen) atoms. The molecule has 0 aliphatic heterocycles. The van der Waals surface area contributed by atoms with Gasteiger partial charge in [-0.3, -0.25) is 0 Å². The van der Waals surface area contributed by atoms with Crippen LogP contribution in [0.25, 0.3) is 0 Å². The van der Waals surface area contributed by atoms with Crippen molar-refractivity contribution in [1.29, 1.82) is 0 Å². The Morgan fingerprint density at radius 3 is 3.07 bits per heavy atom. The molecule has 0 aliphatic rings. The zero-order valence-corrected chi connectivity index (χ0v) is 8.85. The van der Waals surface area contributed by atoms with Gasteiger partial charge in [0.25, 0.3) is 6.16 Å². The highest BCUT2D eigenvalue weighted by molar-refractivity contribution is 8.76. The third kappa shape index (κ3) is 4.98. The third-order valence-electron chi connectivity index (χ3n) is 1.17. The number of rotatable bonds is 5. The van der Waals surface area contributed by atoms with Gasteiger partial charge in [-0.15, -0.1) is 0 Å². The standard InChI is InChI=1S/C8H9NO3S2/c10-8(11)12-5-6-13-14-7-3-1-2-4-9-7/h1-4H,5-6H2,(H,10,11)/p-1. The Balaban J connectivity index is 2.08. The lowest BCUT2D eigenvalue weighted by atomic mass is 10.5. The molecule has 1 heterocycles. The Morgan fingerprint density at radius 2 is 2.43 bits per heavy atom. The molecule has 6 heteroatoms. The van der Waals surface area contributed by atoms with Gasteiger partial charge in [0.15, 0.2) is 0 Å². The van der Waals surface area contributed by atoms with E-state index in [0.717, 1.165) is 5.03 Å². The summed E-state index contributed by atoms with van der Waals surface area (Å²) in [6.45, 7) is 0.146. The van der Waals surface area contributed by atoms with E-state index < -0.39 is 6.16 Å². The van der Waals surface area contributed by atoms with E-state index in [4.69, 9.17) is 0 Å². The van der Waals surface area contributed by atoms with Crippen LogP contribution in [0.5, 0.6) is 0 Å². The normalized spacial score (nSPS) is 9.71. The summed E-state index contributed by atoms with van der Waals surface area (Å²) in [5.41, 5.74) is 0. The van der Waals surface area contributed by atoms with Crippen molar-refractivity contribution in [2.24, 2.45) is 0 Å². The first kappa shape index (κ1) is 11.2. The zero-order chi connectivity index (χ0) is 10.2. The Labute approximate surface area is 89.5 Å². The molecule has 0 spiro atoms. The summed E-state index contributed by atoms with van der Waals surface area (Å²) in [5, 5.41) is 10.8. The fraction of sp³-hybridized carbons (Fsp3) is 0.250. The minimum Gasteiger partial charge on any atom is -0.549 e. The maximum absolute atomic E-state index is 9.87. The van der Waals surface area contributed by atoms with Crippen LogP contribution in [0, 0.1) is 0 Å². The van der Waals surface area contributed by atoms with Gasteiger partial charge in [-0.05, 0) is 22.9 Å². The lowest BCUT2D eigenvalue weighted by molar-refractivity contribution is -0.281. The van der Waals surface area contributed by atoms with Crippen molar-refractivity contribution in [3.63, 3.8) is 0 Å². The summed E-state index contributed by atoms with van der Waals surface area (Å²) < 4.78 is 4.23. The molecule has 76 valence electrons. The van der Waals surface area contributed by atoms with Crippen molar-refractivity contribution in [3.8, 4) is 0 Å². The molecule has 0 bridgehead atoms. The van der Waals surface area contributed by atoms with Crippen LogP contribution in [-0.2, 0) is 4.74 Å². The average molecular weight is 230 g/mol. The molecule has 0 aliphatic carbocycles. The molecule has 0 N–H and O–H groups in total. The number of carboxylic acid groups (broad SMARTS) is 1. The summed E-state index contributed by atoms with van der Waals surface area (Å²) >= 11 is 0. The van der Waals surface area contributed by atoms with Gasteiger partial charge in [-0.25, -0.2) is 4.98 Å². The lowest BCUT2D eigenvalue weighted by Crippen LogP contribution is -2.24. The summed E-state index contributed by atoms with van der Waals surface area (Å²) in [6.07, 6.45) is 0.231. The number of pyridine rings is 1. The molecule has 1 aromatic heterocycles. The van der Waals surface area contributed by atoms with E-state index in [-0.39, 0.29) is 6.61 Å². The van der Waals surface area contributed by atoms with E-state index in [1.807, 2.05) is 18.2 Å². The number of hydrogen-bond donors (Lipinski definition) is 0. The van der Waals surface area contributed by atoms with E-state index in [9.17, 15) is 9.90 Å². The predicted octanol–water partition coefficient (Wildman–Crippen LogP) is 1.18. The number of nitrogens with zero attached hydrogens (tertiary/aromatic N) is 1. The first-order valence-electron chi connectivity index (χ1n) is 3.83. The maximum atomic E-state index is 9.87. The molecular weight excluding hydrogens is 222 g/mol. The summed E-state index contributed by atoms with van der Waals surface area (Å²) in [5.74, 6) is 0.579. The molecule has 0 amide bonds. The molecule has 0 aromatic carbocycles. The van der Waals surface area contributed by atoms with E-state index in [1.165, 1.54) is 21.6 Å². The minimum absolute atomic E-state index is 0.146. The molecular formula is C8H8NO3S2-. The minimum atomic E-state index is -1.48. The van der Waals surface area contributed by atoms with Crippen molar-refractivity contribution in [1.82, 2.24) is 4.98 Å². The highest BCUT2D eigenvalue weighted by Gasteiger charge is 1.94. The monoisotopic (exact) mass is 230 g/mol. The number of carbonyl (C=O) groups is 1. The first-order valence-corrected chi connectivity index (χ1v) is 6.15. The first-order chi connectivity index (χ1) is 6.79. The van der Waals surface area contributed by atoms with Crippen LogP contribution in [0.4, 0.5) is 4.79 Å². The lowest BCUT2D eigenvalue weighted by Gasteiger charge is -2.06. The Morgan fingerprint density at radius 1 is 1.57 bits per heavy atom. The second-order valence-electron chi connectivity index (χ2n) is 2.17. The summed E-state index contributed by atoms with van der Waals surface area (Å²) in [7, 11) is 2.97. The van der Waals surface area contributed by atoms with E-state index in [2.05, 4.69) is 9.72 Å². The Bertz CT molecular complexity index is 281. The fourth-order valence-corrected chi connectivity index (χ4v) is 2.36. The molecule has 0 atom stereocenters. The highest BCUT2D eigenvalue weighted by atomic mass is 33.1. The topological polar surface area (TPSA) is 62.2 Å². The van der Waals surface area contributed by atoms with Crippen molar-refractivity contribution < 1.29 is 14.6 Å². The second kappa shape index (κ2) is 6.56. The van der Waals surface area contributed by atoms with Gasteiger partial charge in [-0.2, -0.15) is 0 Å². The van der Waals surface area contributed by atoms with Gasteiger partial charge in [0.2, 0.25) is 0 Å². The van der Waals surface area contributed by atoms with Crippen LogP contribution in [0.15, 0.2) is 29.4 Å². The molecule has 0 fully saturated rings. The fourth-order valence-electron chi connectivity index (χ4n) is 0.657. The molecule has 0 saturated heterocycles. The Kier molecular flexibility index (Phi) is 5.24. The number of ether oxygens (including phenoxy) is 1. The van der Waals surface area contributed by atoms with E-state index >= 15 is 0 Å². The van der Waals surface area contributed by atoms with Gasteiger partial charge in [0.05, 0.1) is 0 Å². The van der Waals surface area contributed by atoms with Crippen molar-refractivity contribution in [2.75, 3.05) is 12.4 Å². The predicted molar refractivity (Wildman–Crippen MR) is 53.9 cm³/mol. The largest absolute Gasteiger partial charge is 0.549 e. The third-order valence-corrected chi connectivity index (χ3v) is 3.40. The number of carbonyl (C=O) groups excluding carboxylic acids is 1.